The molecule has 0 N–H and O–H groups in total. The lowest BCUT2D eigenvalue weighted by Gasteiger charge is -2.07. The molecule has 0 atom stereocenters. The van der Waals surface area contributed by atoms with E-state index in [4.69, 9.17) is 0 Å². The van der Waals surface area contributed by atoms with Gasteiger partial charge in [-0.3, -0.25) is 0 Å². The van der Waals surface area contributed by atoms with Crippen LogP contribution in [0, 0.1) is 13.8 Å². The van der Waals surface area contributed by atoms with Crippen molar-refractivity contribution in [2.45, 2.75) is 20.0 Å². The van der Waals surface area contributed by atoms with E-state index in [1.165, 1.54) is 16.7 Å². The number of rotatable bonds is 1. The van der Waals surface area contributed by atoms with Gasteiger partial charge >= 0.3 is 6.18 Å². The lowest BCUT2D eigenvalue weighted by atomic mass is 10.1. The normalized spacial score (nSPS) is 12.1. The molecule has 0 unspecified atom stereocenters. The Morgan fingerprint density at radius 1 is 1.06 bits per heavy atom. The number of hydrogen-bond donors (Lipinski definition) is 0. The van der Waals surface area contributed by atoms with Gasteiger partial charge in [-0.1, -0.05) is 0 Å². The summed E-state index contributed by atoms with van der Waals surface area (Å²) >= 11 is 2.52. The molecule has 0 aliphatic rings. The molecule has 16 heavy (non-hydrogen) atoms. The van der Waals surface area contributed by atoms with Crippen LogP contribution in [0.3, 0.4) is 0 Å². The van der Waals surface area contributed by atoms with Crippen LogP contribution in [0.4, 0.5) is 13.2 Å². The zero-order valence-corrected chi connectivity index (χ0v) is 10.3. The minimum Gasteiger partial charge on any atom is -0.166 e. The maximum absolute atomic E-state index is 12.7. The van der Waals surface area contributed by atoms with Crippen LogP contribution in [0.25, 0.3) is 9.75 Å². The molecule has 0 aliphatic carbocycles. The fourth-order valence-electron chi connectivity index (χ4n) is 1.44. The third-order valence-corrected chi connectivity index (χ3v) is 4.74. The second-order valence-corrected chi connectivity index (χ2v) is 5.33. The summed E-state index contributed by atoms with van der Waals surface area (Å²) in [6, 6.07) is 1.15. The molecule has 86 valence electrons. The van der Waals surface area contributed by atoms with Gasteiger partial charge in [0.1, 0.15) is 0 Å². The number of halogens is 3. The molecule has 0 aromatic carbocycles. The molecule has 0 saturated carbocycles. The second-order valence-electron chi connectivity index (χ2n) is 3.53. The van der Waals surface area contributed by atoms with Gasteiger partial charge in [0.25, 0.3) is 0 Å². The molecule has 2 heterocycles. The van der Waals surface area contributed by atoms with Gasteiger partial charge in [-0.2, -0.15) is 13.2 Å². The molecule has 2 rings (SSSR count). The van der Waals surface area contributed by atoms with Crippen molar-refractivity contribution < 1.29 is 13.2 Å². The Bertz CT molecular complexity index is 506. The van der Waals surface area contributed by atoms with Crippen molar-refractivity contribution in [3.8, 4) is 9.75 Å². The van der Waals surface area contributed by atoms with Gasteiger partial charge in [0.2, 0.25) is 0 Å². The summed E-state index contributed by atoms with van der Waals surface area (Å²) in [6.45, 7) is 3.78. The monoisotopic (exact) mass is 262 g/mol. The van der Waals surface area contributed by atoms with Gasteiger partial charge in [-0.15, -0.1) is 22.7 Å². The fraction of sp³-hybridized carbons (Fsp3) is 0.273. The smallest absolute Gasteiger partial charge is 0.166 e. The summed E-state index contributed by atoms with van der Waals surface area (Å²) < 4.78 is 38.2. The zero-order chi connectivity index (χ0) is 11.9. The van der Waals surface area contributed by atoms with Crippen molar-refractivity contribution in [3.63, 3.8) is 0 Å². The molecule has 0 spiro atoms. The summed E-state index contributed by atoms with van der Waals surface area (Å²) in [5.74, 6) is 0. The highest BCUT2D eigenvalue weighted by atomic mass is 32.1. The van der Waals surface area contributed by atoms with Gasteiger partial charge in [0.05, 0.1) is 10.4 Å². The number of alkyl halides is 3. The molecular weight excluding hydrogens is 253 g/mol. The van der Waals surface area contributed by atoms with E-state index in [2.05, 4.69) is 0 Å². The highest BCUT2D eigenvalue weighted by Crippen LogP contribution is 2.44. The van der Waals surface area contributed by atoms with Crippen LogP contribution in [0.5, 0.6) is 0 Å². The highest BCUT2D eigenvalue weighted by Gasteiger charge is 2.35. The average Bonchev–Trinajstić information content (AvgIpc) is 2.74. The molecule has 0 amide bonds. The van der Waals surface area contributed by atoms with Crippen molar-refractivity contribution in [1.82, 2.24) is 0 Å². The lowest BCUT2D eigenvalue weighted by molar-refractivity contribution is -0.136. The van der Waals surface area contributed by atoms with Crippen molar-refractivity contribution in [2.24, 2.45) is 0 Å². The summed E-state index contributed by atoms with van der Waals surface area (Å²) in [7, 11) is 0. The Morgan fingerprint density at radius 2 is 1.75 bits per heavy atom. The van der Waals surface area contributed by atoms with Crippen molar-refractivity contribution in [3.05, 3.63) is 33.5 Å². The molecule has 0 radical (unpaired) electrons. The van der Waals surface area contributed by atoms with Crippen molar-refractivity contribution in [2.75, 3.05) is 0 Å². The first-order valence-electron chi connectivity index (χ1n) is 4.61. The molecule has 0 fully saturated rings. The topological polar surface area (TPSA) is 0 Å². The Kier molecular flexibility index (Phi) is 2.84. The molecule has 5 heteroatoms. The van der Waals surface area contributed by atoms with E-state index in [9.17, 15) is 13.2 Å². The fourth-order valence-corrected chi connectivity index (χ4v) is 3.66. The lowest BCUT2D eigenvalue weighted by Crippen LogP contribution is -2.04. The third kappa shape index (κ3) is 1.89. The van der Waals surface area contributed by atoms with E-state index in [-0.39, 0.29) is 0 Å². The predicted molar refractivity (Wildman–Crippen MR) is 62.1 cm³/mol. The molecule has 2 aromatic rings. The molecule has 0 saturated heterocycles. The number of thiophene rings is 2. The maximum atomic E-state index is 12.7. The summed E-state index contributed by atoms with van der Waals surface area (Å²) in [6.07, 6.45) is -4.26. The average molecular weight is 262 g/mol. The van der Waals surface area contributed by atoms with E-state index in [1.807, 2.05) is 19.2 Å². The Morgan fingerprint density at radius 3 is 2.25 bits per heavy atom. The third-order valence-electron chi connectivity index (χ3n) is 2.46. The molecular formula is C11H9F3S2. The summed E-state index contributed by atoms with van der Waals surface area (Å²) in [4.78, 5) is 1.07. The Hall–Kier alpha value is -0.810. The van der Waals surface area contributed by atoms with Gasteiger partial charge in [0, 0.05) is 4.88 Å². The first-order valence-corrected chi connectivity index (χ1v) is 6.37. The first-order chi connectivity index (χ1) is 7.41. The van der Waals surface area contributed by atoms with Crippen LogP contribution in [-0.2, 0) is 6.18 Å². The quantitative estimate of drug-likeness (QED) is 0.669. The largest absolute Gasteiger partial charge is 0.417 e. The second kappa shape index (κ2) is 3.89. The minimum absolute atomic E-state index is 0.336. The van der Waals surface area contributed by atoms with E-state index in [0.29, 0.717) is 4.88 Å². The van der Waals surface area contributed by atoms with Crippen LogP contribution in [0.1, 0.15) is 16.7 Å². The van der Waals surface area contributed by atoms with E-state index in [1.54, 1.807) is 0 Å². The number of hydrogen-bond acceptors (Lipinski definition) is 2. The summed E-state index contributed by atoms with van der Waals surface area (Å²) in [5, 5.41) is 3.39. The Balaban J connectivity index is 2.58. The Labute approximate surface area is 99.4 Å². The van der Waals surface area contributed by atoms with Crippen LogP contribution < -0.4 is 0 Å². The van der Waals surface area contributed by atoms with E-state index >= 15 is 0 Å². The zero-order valence-electron chi connectivity index (χ0n) is 8.68. The van der Waals surface area contributed by atoms with Crippen molar-refractivity contribution >= 4 is 22.7 Å². The van der Waals surface area contributed by atoms with E-state index in [0.717, 1.165) is 33.4 Å². The summed E-state index contributed by atoms with van der Waals surface area (Å²) in [5.41, 5.74) is 1.46. The standard InChI is InChI=1S/C11H9F3S2/c1-6-5-16-9(7(6)2)10-8(3-4-15-10)11(12,13)14/h3-5H,1-2H3. The SMILES string of the molecule is Cc1csc(-c2sccc2C(F)(F)F)c1C. The van der Waals surface area contributed by atoms with Crippen LogP contribution in [0.2, 0.25) is 0 Å². The van der Waals surface area contributed by atoms with Crippen molar-refractivity contribution in [1.29, 1.82) is 0 Å². The highest BCUT2D eigenvalue weighted by molar-refractivity contribution is 7.20. The van der Waals surface area contributed by atoms with Gasteiger partial charge in [-0.05, 0) is 41.8 Å². The molecule has 0 aliphatic heterocycles. The van der Waals surface area contributed by atoms with Crippen LogP contribution >= 0.6 is 22.7 Å². The van der Waals surface area contributed by atoms with Gasteiger partial charge < -0.3 is 0 Å². The van der Waals surface area contributed by atoms with Gasteiger partial charge in [0.15, 0.2) is 0 Å². The first kappa shape index (κ1) is 11.7. The number of aryl methyl sites for hydroxylation is 1. The van der Waals surface area contributed by atoms with Crippen LogP contribution in [-0.4, -0.2) is 0 Å². The molecule has 2 aromatic heterocycles. The predicted octanol–water partition coefficient (Wildman–Crippen LogP) is 5.11. The minimum atomic E-state index is -4.26. The van der Waals surface area contributed by atoms with Crippen LogP contribution in [0.15, 0.2) is 16.8 Å². The van der Waals surface area contributed by atoms with Gasteiger partial charge in [-0.25, -0.2) is 0 Å². The maximum Gasteiger partial charge on any atom is 0.417 e. The molecule has 0 bridgehead atoms. The van der Waals surface area contributed by atoms with E-state index < -0.39 is 11.7 Å². The molecule has 0 nitrogen and oxygen atoms in total.